The van der Waals surface area contributed by atoms with Crippen LogP contribution in [0.3, 0.4) is 0 Å². The van der Waals surface area contributed by atoms with Crippen LogP contribution in [-0.4, -0.2) is 33.8 Å². The average Bonchev–Trinajstić information content (AvgIpc) is 2.64. The van der Waals surface area contributed by atoms with Crippen LogP contribution >= 0.6 is 0 Å². The largest absolute Gasteiger partial charge is 0.493 e. The fourth-order valence-corrected chi connectivity index (χ4v) is 2.14. The van der Waals surface area contributed by atoms with Gasteiger partial charge >= 0.3 is 0 Å². The second-order valence-electron chi connectivity index (χ2n) is 4.91. The molecule has 0 aliphatic rings. The molecule has 6 heteroatoms. The average molecular weight is 331 g/mol. The normalized spacial score (nSPS) is 9.96. The highest BCUT2D eigenvalue weighted by atomic mass is 16.5. The van der Waals surface area contributed by atoms with Crippen LogP contribution in [0.25, 0.3) is 0 Å². The molecule has 2 rings (SSSR count). The Kier molecular flexibility index (Phi) is 6.31. The summed E-state index contributed by atoms with van der Waals surface area (Å²) in [5.41, 5.74) is 1.03. The predicted molar refractivity (Wildman–Crippen MR) is 89.9 cm³/mol. The maximum atomic E-state index is 11.9. The van der Waals surface area contributed by atoms with Gasteiger partial charge in [0, 0.05) is 18.7 Å². The number of ether oxygens (including phenoxy) is 4. The van der Waals surface area contributed by atoms with Gasteiger partial charge < -0.3 is 24.3 Å². The predicted octanol–water partition coefficient (Wildman–Crippen LogP) is 2.41. The van der Waals surface area contributed by atoms with Gasteiger partial charge in [-0.05, 0) is 5.56 Å². The Morgan fingerprint density at radius 3 is 2.12 bits per heavy atom. The van der Waals surface area contributed by atoms with E-state index in [1.54, 1.807) is 12.1 Å². The van der Waals surface area contributed by atoms with Crippen LogP contribution in [0.1, 0.15) is 5.56 Å². The van der Waals surface area contributed by atoms with Crippen molar-refractivity contribution in [2.45, 2.75) is 6.54 Å². The van der Waals surface area contributed by atoms with Crippen molar-refractivity contribution in [3.8, 4) is 23.0 Å². The number of benzene rings is 2. The third kappa shape index (κ3) is 4.55. The van der Waals surface area contributed by atoms with Gasteiger partial charge in [-0.15, -0.1) is 0 Å². The first-order chi connectivity index (χ1) is 11.7. The highest BCUT2D eigenvalue weighted by Crippen LogP contribution is 2.40. The number of hydrogen-bond acceptors (Lipinski definition) is 5. The number of amides is 1. The van der Waals surface area contributed by atoms with Gasteiger partial charge in [0.05, 0.1) is 21.3 Å². The molecule has 0 heterocycles. The third-order valence-electron chi connectivity index (χ3n) is 3.34. The van der Waals surface area contributed by atoms with E-state index in [0.29, 0.717) is 29.5 Å². The lowest BCUT2D eigenvalue weighted by Gasteiger charge is -2.14. The summed E-state index contributed by atoms with van der Waals surface area (Å²) in [7, 11) is 4.57. The van der Waals surface area contributed by atoms with E-state index in [0.717, 1.165) is 5.56 Å². The van der Waals surface area contributed by atoms with Gasteiger partial charge in [-0.25, -0.2) is 0 Å². The lowest BCUT2D eigenvalue weighted by Crippen LogP contribution is -2.28. The summed E-state index contributed by atoms with van der Waals surface area (Å²) in [4.78, 5) is 11.9. The van der Waals surface area contributed by atoms with Gasteiger partial charge in [-0.3, -0.25) is 4.79 Å². The molecule has 24 heavy (non-hydrogen) atoms. The molecular weight excluding hydrogens is 310 g/mol. The highest BCUT2D eigenvalue weighted by Gasteiger charge is 2.14. The fraction of sp³-hybridized carbons (Fsp3) is 0.278. The molecule has 0 aromatic heterocycles. The first-order valence-corrected chi connectivity index (χ1v) is 7.41. The van der Waals surface area contributed by atoms with E-state index in [1.165, 1.54) is 21.3 Å². The lowest BCUT2D eigenvalue weighted by molar-refractivity contribution is -0.123. The second-order valence-corrected chi connectivity index (χ2v) is 4.91. The molecule has 0 unspecified atom stereocenters. The summed E-state index contributed by atoms with van der Waals surface area (Å²) >= 11 is 0. The maximum Gasteiger partial charge on any atom is 0.258 e. The van der Waals surface area contributed by atoms with Crippen molar-refractivity contribution in [1.29, 1.82) is 0 Å². The third-order valence-corrected chi connectivity index (χ3v) is 3.34. The first kappa shape index (κ1) is 17.5. The van der Waals surface area contributed by atoms with Crippen molar-refractivity contribution in [3.05, 3.63) is 48.0 Å². The standard InChI is InChI=1S/C18H21NO5/c1-21-15-9-14(10-16(22-2)18(15)23-3)24-12-17(20)19-11-13-7-5-4-6-8-13/h4-10H,11-12H2,1-3H3,(H,19,20). The number of carbonyl (C=O) groups excluding carboxylic acids is 1. The van der Waals surface area contributed by atoms with Crippen molar-refractivity contribution in [1.82, 2.24) is 5.32 Å². The van der Waals surface area contributed by atoms with Gasteiger partial charge in [-0.2, -0.15) is 0 Å². The summed E-state index contributed by atoms with van der Waals surface area (Å²) in [6, 6.07) is 13.0. The molecule has 2 aromatic rings. The lowest BCUT2D eigenvalue weighted by atomic mass is 10.2. The molecule has 0 spiro atoms. The molecule has 1 N–H and O–H groups in total. The van der Waals surface area contributed by atoms with Gasteiger partial charge in [0.25, 0.3) is 5.91 Å². The monoisotopic (exact) mass is 331 g/mol. The van der Waals surface area contributed by atoms with Crippen LogP contribution in [0.2, 0.25) is 0 Å². The van der Waals surface area contributed by atoms with E-state index >= 15 is 0 Å². The molecule has 128 valence electrons. The molecule has 0 radical (unpaired) electrons. The molecule has 0 fully saturated rings. The van der Waals surface area contributed by atoms with Crippen LogP contribution in [-0.2, 0) is 11.3 Å². The molecule has 0 atom stereocenters. The van der Waals surface area contributed by atoms with Gasteiger partial charge in [0.1, 0.15) is 5.75 Å². The van der Waals surface area contributed by atoms with E-state index in [9.17, 15) is 4.79 Å². The van der Waals surface area contributed by atoms with E-state index in [2.05, 4.69) is 5.32 Å². The molecule has 0 saturated heterocycles. The number of hydrogen-bond donors (Lipinski definition) is 1. The van der Waals surface area contributed by atoms with Crippen LogP contribution in [0, 0.1) is 0 Å². The minimum absolute atomic E-state index is 0.106. The second kappa shape index (κ2) is 8.67. The Balaban J connectivity index is 1.94. The Hall–Kier alpha value is -2.89. The first-order valence-electron chi connectivity index (χ1n) is 7.41. The molecule has 2 aromatic carbocycles. The van der Waals surface area contributed by atoms with Crippen molar-refractivity contribution < 1.29 is 23.7 Å². The zero-order chi connectivity index (χ0) is 17.4. The minimum Gasteiger partial charge on any atom is -0.493 e. The topological polar surface area (TPSA) is 66.0 Å². The Bertz CT molecular complexity index is 647. The fourth-order valence-electron chi connectivity index (χ4n) is 2.14. The summed E-state index contributed by atoms with van der Waals surface area (Å²) in [5.74, 6) is 1.65. The highest BCUT2D eigenvalue weighted by molar-refractivity contribution is 5.77. The van der Waals surface area contributed by atoms with Crippen LogP contribution in [0.4, 0.5) is 0 Å². The summed E-state index contributed by atoms with van der Waals surface area (Å²) in [6.07, 6.45) is 0. The van der Waals surface area contributed by atoms with Crippen LogP contribution in [0.15, 0.2) is 42.5 Å². The van der Waals surface area contributed by atoms with Gasteiger partial charge in [0.2, 0.25) is 5.75 Å². The molecule has 0 bridgehead atoms. The Morgan fingerprint density at radius 1 is 0.958 bits per heavy atom. The number of nitrogens with one attached hydrogen (secondary N) is 1. The van der Waals surface area contributed by atoms with Gasteiger partial charge in [0.15, 0.2) is 18.1 Å². The maximum absolute atomic E-state index is 11.9. The Labute approximate surface area is 141 Å². The van der Waals surface area contributed by atoms with Crippen LogP contribution < -0.4 is 24.3 Å². The summed E-state index contributed by atoms with van der Waals surface area (Å²) < 4.78 is 21.2. The zero-order valence-corrected chi connectivity index (χ0v) is 14.0. The van der Waals surface area contributed by atoms with Crippen molar-refractivity contribution in [2.24, 2.45) is 0 Å². The van der Waals surface area contributed by atoms with E-state index in [4.69, 9.17) is 18.9 Å². The molecule has 0 aliphatic heterocycles. The molecular formula is C18H21NO5. The Morgan fingerprint density at radius 2 is 1.58 bits per heavy atom. The van der Waals surface area contributed by atoms with Crippen molar-refractivity contribution >= 4 is 5.91 Å². The number of rotatable bonds is 8. The van der Waals surface area contributed by atoms with Crippen molar-refractivity contribution in [3.63, 3.8) is 0 Å². The number of carbonyl (C=O) groups is 1. The summed E-state index contributed by atoms with van der Waals surface area (Å²) in [6.45, 7) is 0.351. The quantitative estimate of drug-likeness (QED) is 0.805. The van der Waals surface area contributed by atoms with Crippen LogP contribution in [0.5, 0.6) is 23.0 Å². The van der Waals surface area contributed by atoms with Gasteiger partial charge in [-0.1, -0.05) is 30.3 Å². The van der Waals surface area contributed by atoms with E-state index in [1.807, 2.05) is 30.3 Å². The zero-order valence-electron chi connectivity index (χ0n) is 14.0. The van der Waals surface area contributed by atoms with Crippen molar-refractivity contribution in [2.75, 3.05) is 27.9 Å². The minimum atomic E-state index is -0.215. The number of methoxy groups -OCH3 is 3. The molecule has 0 aliphatic carbocycles. The summed E-state index contributed by atoms with van der Waals surface area (Å²) in [5, 5.41) is 2.80. The smallest absolute Gasteiger partial charge is 0.258 e. The molecule has 1 amide bonds. The SMILES string of the molecule is COc1cc(OCC(=O)NCc2ccccc2)cc(OC)c1OC. The van der Waals surface area contributed by atoms with E-state index < -0.39 is 0 Å². The molecule has 0 saturated carbocycles. The van der Waals surface area contributed by atoms with E-state index in [-0.39, 0.29) is 12.5 Å². The molecule has 6 nitrogen and oxygen atoms in total.